The normalized spacial score (nSPS) is 11.4. The van der Waals surface area contributed by atoms with Crippen LogP contribution in [0.15, 0.2) is 76.7 Å². The highest BCUT2D eigenvalue weighted by Gasteiger charge is 2.24. The van der Waals surface area contributed by atoms with Gasteiger partial charge in [-0.1, -0.05) is 24.3 Å². The first kappa shape index (κ1) is 23.9. The molecular formula is C22H17N5O6S. The number of nitro groups is 1. The quantitative estimate of drug-likeness (QED) is 0.248. The van der Waals surface area contributed by atoms with Gasteiger partial charge in [-0.15, -0.1) is 0 Å². The number of benzene rings is 3. The van der Waals surface area contributed by atoms with Gasteiger partial charge in [0, 0.05) is 12.1 Å². The van der Waals surface area contributed by atoms with Crippen molar-refractivity contribution in [3.63, 3.8) is 0 Å². The number of hydrogen-bond donors (Lipinski definition) is 3. The third-order valence-electron chi connectivity index (χ3n) is 4.64. The predicted octanol–water partition coefficient (Wildman–Crippen LogP) is 3.80. The molecule has 3 aromatic carbocycles. The number of carbonyl (C=O) groups is 1. The molecule has 0 bridgehead atoms. The van der Waals surface area contributed by atoms with Crippen LogP contribution < -0.4 is 10.1 Å². The van der Waals surface area contributed by atoms with Crippen LogP contribution in [0, 0.1) is 21.4 Å². The summed E-state index contributed by atoms with van der Waals surface area (Å²) in [5.41, 5.74) is 3.13. The van der Waals surface area contributed by atoms with Gasteiger partial charge in [-0.2, -0.15) is 10.4 Å². The number of nitro benzene ring substituents is 1. The Kier molecular flexibility index (Phi) is 6.89. The maximum Gasteiger partial charge on any atom is 0.337 e. The third-order valence-corrected chi connectivity index (χ3v) is 6.05. The van der Waals surface area contributed by atoms with Gasteiger partial charge in [0.05, 0.1) is 39.2 Å². The fourth-order valence-electron chi connectivity index (χ4n) is 2.89. The number of para-hydroxylation sites is 1. The molecule has 3 aromatic rings. The van der Waals surface area contributed by atoms with Gasteiger partial charge in [0.2, 0.25) is 0 Å². The van der Waals surface area contributed by atoms with Crippen LogP contribution in [0.5, 0.6) is 0 Å². The van der Waals surface area contributed by atoms with E-state index in [0.717, 1.165) is 12.1 Å². The molecule has 34 heavy (non-hydrogen) atoms. The van der Waals surface area contributed by atoms with Crippen LogP contribution in [0.2, 0.25) is 0 Å². The number of anilines is 2. The van der Waals surface area contributed by atoms with E-state index in [0.29, 0.717) is 16.8 Å². The van der Waals surface area contributed by atoms with E-state index in [4.69, 9.17) is 5.26 Å². The van der Waals surface area contributed by atoms with E-state index < -0.39 is 31.5 Å². The van der Waals surface area contributed by atoms with Crippen LogP contribution in [0.4, 0.5) is 17.1 Å². The van der Waals surface area contributed by atoms with Gasteiger partial charge in [0.25, 0.3) is 15.7 Å². The van der Waals surface area contributed by atoms with Crippen LogP contribution in [0.1, 0.15) is 28.4 Å². The Morgan fingerprint density at radius 3 is 2.38 bits per heavy atom. The Balaban J connectivity index is 2.01. The van der Waals surface area contributed by atoms with Crippen molar-refractivity contribution in [1.82, 2.24) is 0 Å². The smallest absolute Gasteiger partial charge is 0.337 e. The molecule has 3 rings (SSSR count). The first-order chi connectivity index (χ1) is 16.1. The second-order valence-corrected chi connectivity index (χ2v) is 8.54. The minimum atomic E-state index is -4.46. The van der Waals surface area contributed by atoms with Crippen molar-refractivity contribution in [3.05, 3.63) is 93.5 Å². The second kappa shape index (κ2) is 9.80. The molecule has 0 radical (unpaired) electrons. The van der Waals surface area contributed by atoms with Gasteiger partial charge in [-0.3, -0.25) is 20.3 Å². The molecule has 0 atom stereocenters. The van der Waals surface area contributed by atoms with E-state index in [1.54, 1.807) is 31.2 Å². The monoisotopic (exact) mass is 479 g/mol. The van der Waals surface area contributed by atoms with E-state index in [-0.39, 0.29) is 16.9 Å². The van der Waals surface area contributed by atoms with Crippen molar-refractivity contribution in [2.45, 2.75) is 11.8 Å². The molecule has 0 heterocycles. The molecule has 0 amide bonds. The highest BCUT2D eigenvalue weighted by atomic mass is 32.2. The first-order valence-electron chi connectivity index (χ1n) is 9.57. The summed E-state index contributed by atoms with van der Waals surface area (Å²) in [6, 6.07) is 17.0. The van der Waals surface area contributed by atoms with Gasteiger partial charge in [0.15, 0.2) is 0 Å². The van der Waals surface area contributed by atoms with Crippen molar-refractivity contribution >= 4 is 38.8 Å². The van der Waals surface area contributed by atoms with E-state index in [1.807, 2.05) is 6.07 Å². The largest absolute Gasteiger partial charge is 0.478 e. The van der Waals surface area contributed by atoms with Crippen molar-refractivity contribution in [1.29, 1.82) is 5.26 Å². The Labute approximate surface area is 194 Å². The zero-order valence-corrected chi connectivity index (χ0v) is 18.4. The number of nitrogens with one attached hydrogen (secondary N) is 2. The van der Waals surface area contributed by atoms with Gasteiger partial charge >= 0.3 is 5.97 Å². The Bertz CT molecular complexity index is 1440. The standard InChI is InChI=1S/C22H17N5O6S/c1-14(16-8-6-15(13-23)7-9-16)24-25-20-11-10-17(27(30)31)12-21(20)34(32,33)26-19-5-3-2-4-18(19)22(28)29/h2-12,25-26H,1H3,(H,28,29). The average molecular weight is 479 g/mol. The van der Waals surface area contributed by atoms with E-state index in [2.05, 4.69) is 15.2 Å². The van der Waals surface area contributed by atoms with Crippen LogP contribution in [-0.2, 0) is 10.0 Å². The lowest BCUT2D eigenvalue weighted by molar-refractivity contribution is -0.385. The SMILES string of the molecule is CC(=NNc1ccc([N+](=O)[O-])cc1S(=O)(=O)Nc1ccccc1C(=O)O)c1ccc(C#N)cc1. The number of non-ortho nitro benzene ring substituents is 1. The highest BCUT2D eigenvalue weighted by molar-refractivity contribution is 7.93. The van der Waals surface area contributed by atoms with Crippen LogP contribution >= 0.6 is 0 Å². The van der Waals surface area contributed by atoms with Crippen LogP contribution in [0.25, 0.3) is 0 Å². The average Bonchev–Trinajstić information content (AvgIpc) is 2.82. The first-order valence-corrected chi connectivity index (χ1v) is 11.0. The van der Waals surface area contributed by atoms with E-state index in [9.17, 15) is 28.4 Å². The topological polar surface area (TPSA) is 175 Å². The summed E-state index contributed by atoms with van der Waals surface area (Å²) in [4.78, 5) is 21.4. The minimum Gasteiger partial charge on any atom is -0.478 e. The third kappa shape index (κ3) is 5.34. The number of sulfonamides is 1. The summed E-state index contributed by atoms with van der Waals surface area (Å²) in [5, 5.41) is 33.6. The summed E-state index contributed by atoms with van der Waals surface area (Å²) >= 11 is 0. The van der Waals surface area contributed by atoms with Crippen LogP contribution in [-0.4, -0.2) is 30.1 Å². The summed E-state index contributed by atoms with van der Waals surface area (Å²) < 4.78 is 28.4. The number of hydrogen-bond acceptors (Lipinski definition) is 8. The summed E-state index contributed by atoms with van der Waals surface area (Å²) in [6.45, 7) is 1.65. The number of rotatable bonds is 8. The molecule has 0 aromatic heterocycles. The number of carboxylic acid groups (broad SMARTS) is 1. The number of carboxylic acids is 1. The van der Waals surface area contributed by atoms with E-state index in [1.165, 1.54) is 30.3 Å². The molecule has 0 saturated carbocycles. The Hall–Kier alpha value is -4.76. The van der Waals surface area contributed by atoms with E-state index >= 15 is 0 Å². The molecular weight excluding hydrogens is 462 g/mol. The molecule has 3 N–H and O–H groups in total. The number of nitrogens with zero attached hydrogens (tertiary/aromatic N) is 3. The number of aromatic carboxylic acids is 1. The molecule has 0 unspecified atom stereocenters. The molecule has 12 heteroatoms. The molecule has 0 spiro atoms. The molecule has 0 aliphatic rings. The molecule has 172 valence electrons. The summed E-state index contributed by atoms with van der Waals surface area (Å²) in [7, 11) is -4.46. The lowest BCUT2D eigenvalue weighted by atomic mass is 10.1. The van der Waals surface area contributed by atoms with Gasteiger partial charge in [-0.25, -0.2) is 13.2 Å². The van der Waals surface area contributed by atoms with Crippen molar-refractivity contribution in [2.75, 3.05) is 10.1 Å². The summed E-state index contributed by atoms with van der Waals surface area (Å²) in [6.07, 6.45) is 0. The van der Waals surface area contributed by atoms with Gasteiger partial charge in [-0.05, 0) is 42.8 Å². The molecule has 0 fully saturated rings. The van der Waals surface area contributed by atoms with Crippen molar-refractivity contribution < 1.29 is 23.2 Å². The fraction of sp³-hybridized carbons (Fsp3) is 0.0455. The molecule has 0 aliphatic heterocycles. The highest BCUT2D eigenvalue weighted by Crippen LogP contribution is 2.29. The zero-order chi connectivity index (χ0) is 24.9. The maximum absolute atomic E-state index is 13.1. The Morgan fingerprint density at radius 2 is 1.76 bits per heavy atom. The number of nitriles is 1. The summed E-state index contributed by atoms with van der Waals surface area (Å²) in [5.74, 6) is -1.35. The van der Waals surface area contributed by atoms with Gasteiger partial charge < -0.3 is 5.11 Å². The Morgan fingerprint density at radius 1 is 1.09 bits per heavy atom. The van der Waals surface area contributed by atoms with Crippen LogP contribution in [0.3, 0.4) is 0 Å². The molecule has 11 nitrogen and oxygen atoms in total. The van der Waals surface area contributed by atoms with Crippen molar-refractivity contribution in [3.8, 4) is 6.07 Å². The molecule has 0 saturated heterocycles. The zero-order valence-electron chi connectivity index (χ0n) is 17.6. The lowest BCUT2D eigenvalue weighted by Gasteiger charge is -2.14. The minimum absolute atomic E-state index is 0.0705. The van der Waals surface area contributed by atoms with Gasteiger partial charge in [0.1, 0.15) is 4.90 Å². The van der Waals surface area contributed by atoms with Crippen molar-refractivity contribution in [2.24, 2.45) is 5.10 Å². The maximum atomic E-state index is 13.1. The number of hydrazone groups is 1. The lowest BCUT2D eigenvalue weighted by Crippen LogP contribution is -2.17. The molecule has 0 aliphatic carbocycles. The predicted molar refractivity (Wildman–Crippen MR) is 124 cm³/mol. The second-order valence-electron chi connectivity index (χ2n) is 6.89. The fourth-order valence-corrected chi connectivity index (χ4v) is 4.15.